The zero-order valence-electron chi connectivity index (χ0n) is 19.5. The van der Waals surface area contributed by atoms with Crippen molar-refractivity contribution in [2.45, 2.75) is 90.0 Å². The third-order valence-corrected chi connectivity index (χ3v) is 4.69. The van der Waals surface area contributed by atoms with Gasteiger partial charge in [-0.3, -0.25) is 14.4 Å². The van der Waals surface area contributed by atoms with Crippen molar-refractivity contribution in [3.8, 4) is 0 Å². The van der Waals surface area contributed by atoms with E-state index in [2.05, 4.69) is 28.1 Å². The van der Waals surface area contributed by atoms with Gasteiger partial charge in [0.2, 0.25) is 5.91 Å². The van der Waals surface area contributed by atoms with E-state index in [1.165, 1.54) is 33.2 Å². The summed E-state index contributed by atoms with van der Waals surface area (Å²) in [5, 5.41) is 17.8. The minimum atomic E-state index is -1.26. The Hall–Kier alpha value is -1.38. The summed E-state index contributed by atoms with van der Waals surface area (Å²) in [6.45, 7) is 1.92. The number of carbonyl (C=O) groups is 4. The SMILES string of the molecule is CNC(=O)C(=O)NCCCC/C=C\CCCCCCCCCC(=O)N[C@@H](C)C(=O)[O-].[Na+]. The number of aliphatic carboxylic acids is 1. The van der Waals surface area contributed by atoms with Crippen LogP contribution in [0.4, 0.5) is 0 Å². The fourth-order valence-electron chi connectivity index (χ4n) is 2.82. The topological polar surface area (TPSA) is 127 Å². The van der Waals surface area contributed by atoms with Crippen molar-refractivity contribution in [3.63, 3.8) is 0 Å². The van der Waals surface area contributed by atoms with Crippen molar-refractivity contribution in [2.75, 3.05) is 13.6 Å². The Bertz CT molecular complexity index is 555. The smallest absolute Gasteiger partial charge is 0.548 e. The van der Waals surface area contributed by atoms with Crippen molar-refractivity contribution in [1.29, 1.82) is 0 Å². The summed E-state index contributed by atoms with van der Waals surface area (Å²) in [4.78, 5) is 44.3. The van der Waals surface area contributed by atoms with Crippen LogP contribution in [0.1, 0.15) is 84.0 Å². The first-order chi connectivity index (χ1) is 14.4. The molecule has 9 heteroatoms. The Balaban J connectivity index is 0. The maximum Gasteiger partial charge on any atom is 1.00 e. The van der Waals surface area contributed by atoms with E-state index < -0.39 is 23.8 Å². The molecule has 0 spiro atoms. The molecule has 0 aromatic carbocycles. The number of unbranched alkanes of at least 4 members (excludes halogenated alkanes) is 9. The Labute approximate surface area is 208 Å². The van der Waals surface area contributed by atoms with Crippen LogP contribution in [0, 0.1) is 0 Å². The van der Waals surface area contributed by atoms with Gasteiger partial charge in [0, 0.05) is 20.0 Å². The van der Waals surface area contributed by atoms with E-state index in [0.29, 0.717) is 13.0 Å². The predicted octanol–water partition coefficient (Wildman–Crippen LogP) is -1.66. The molecule has 0 bridgehead atoms. The Kier molecular flexibility index (Phi) is 22.4. The molecule has 0 rings (SSSR count). The molecule has 3 N–H and O–H groups in total. The largest absolute Gasteiger partial charge is 1.00 e. The average molecular weight is 448 g/mol. The van der Waals surface area contributed by atoms with E-state index >= 15 is 0 Å². The molecule has 8 nitrogen and oxygen atoms in total. The number of hydrogen-bond donors (Lipinski definition) is 3. The van der Waals surface area contributed by atoms with E-state index in [1.807, 2.05) is 0 Å². The Morgan fingerprint density at radius 3 is 1.87 bits per heavy atom. The summed E-state index contributed by atoms with van der Waals surface area (Å²) in [6, 6.07) is -0.936. The molecule has 172 valence electrons. The maximum absolute atomic E-state index is 11.5. The summed E-state index contributed by atoms with van der Waals surface area (Å²) < 4.78 is 0. The summed E-state index contributed by atoms with van der Waals surface area (Å²) >= 11 is 0. The van der Waals surface area contributed by atoms with E-state index in [1.54, 1.807) is 0 Å². The number of likely N-dealkylation sites (N-methyl/N-ethyl adjacent to an activating group) is 1. The van der Waals surface area contributed by atoms with Crippen LogP contribution >= 0.6 is 0 Å². The third kappa shape index (κ3) is 20.3. The molecule has 31 heavy (non-hydrogen) atoms. The second-order valence-corrected chi connectivity index (χ2v) is 7.42. The second kappa shape index (κ2) is 21.8. The number of hydrogen-bond acceptors (Lipinski definition) is 5. The number of amides is 3. The molecular formula is C22H38N3NaO5. The van der Waals surface area contributed by atoms with E-state index in [4.69, 9.17) is 0 Å². The number of carboxylic acid groups (broad SMARTS) is 1. The van der Waals surface area contributed by atoms with Gasteiger partial charge in [-0.1, -0.05) is 44.3 Å². The van der Waals surface area contributed by atoms with Gasteiger partial charge >= 0.3 is 41.4 Å². The minimum Gasteiger partial charge on any atom is -0.548 e. The molecule has 0 heterocycles. The van der Waals surface area contributed by atoms with Gasteiger partial charge in [-0.15, -0.1) is 0 Å². The second-order valence-electron chi connectivity index (χ2n) is 7.42. The number of carbonyl (C=O) groups excluding carboxylic acids is 4. The van der Waals surface area contributed by atoms with Crippen molar-refractivity contribution >= 4 is 23.7 Å². The molecule has 0 aromatic rings. The maximum atomic E-state index is 11.5. The van der Waals surface area contributed by atoms with Crippen LogP contribution in [-0.4, -0.2) is 43.3 Å². The summed E-state index contributed by atoms with van der Waals surface area (Å²) in [7, 11) is 1.43. The van der Waals surface area contributed by atoms with Gasteiger partial charge in [0.1, 0.15) is 0 Å². The first-order valence-corrected chi connectivity index (χ1v) is 11.0. The van der Waals surface area contributed by atoms with Gasteiger partial charge in [0.05, 0.1) is 12.0 Å². The standard InChI is InChI=1S/C22H39N3O5.Na/c1-18(22(29)30)25-19(26)16-14-12-10-8-6-4-3-5-7-9-11-13-15-17-24-21(28)20(27)23-2;/h7,9,18H,3-6,8,10-17H2,1-2H3,(H,23,27)(H,24,28)(H,25,26)(H,29,30);/q;+1/p-1/b9-7-;/t18-;/m0./s1. The van der Waals surface area contributed by atoms with E-state index in [0.717, 1.165) is 51.4 Å². The van der Waals surface area contributed by atoms with Gasteiger partial charge in [0.25, 0.3) is 0 Å². The molecule has 0 saturated carbocycles. The molecule has 3 amide bonds. The Morgan fingerprint density at radius 1 is 0.806 bits per heavy atom. The molecule has 1 atom stereocenters. The fourth-order valence-corrected chi connectivity index (χ4v) is 2.82. The monoisotopic (exact) mass is 447 g/mol. The van der Waals surface area contributed by atoms with Crippen LogP contribution in [0.2, 0.25) is 0 Å². The first kappa shape index (κ1) is 31.8. The summed E-state index contributed by atoms with van der Waals surface area (Å²) in [6.07, 6.45) is 16.2. The molecule has 0 aliphatic rings. The van der Waals surface area contributed by atoms with Gasteiger partial charge in [-0.25, -0.2) is 0 Å². The van der Waals surface area contributed by atoms with Gasteiger partial charge in [0.15, 0.2) is 0 Å². The van der Waals surface area contributed by atoms with Crippen LogP contribution in [0.5, 0.6) is 0 Å². The van der Waals surface area contributed by atoms with E-state index in [9.17, 15) is 24.3 Å². The molecule has 0 saturated heterocycles. The normalized spacial score (nSPS) is 11.4. The van der Waals surface area contributed by atoms with Crippen molar-refractivity contribution in [3.05, 3.63) is 12.2 Å². The first-order valence-electron chi connectivity index (χ1n) is 11.0. The van der Waals surface area contributed by atoms with E-state index in [-0.39, 0.29) is 35.5 Å². The number of allylic oxidation sites excluding steroid dienone is 2. The molecule has 0 aliphatic heterocycles. The van der Waals surface area contributed by atoms with Crippen molar-refractivity contribution in [1.82, 2.24) is 16.0 Å². The number of carboxylic acids is 1. The van der Waals surface area contributed by atoms with Crippen LogP contribution in [0.25, 0.3) is 0 Å². The zero-order valence-corrected chi connectivity index (χ0v) is 21.5. The van der Waals surface area contributed by atoms with Crippen LogP contribution < -0.4 is 50.6 Å². The fraction of sp³-hybridized carbons (Fsp3) is 0.727. The molecule has 0 unspecified atom stereocenters. The van der Waals surface area contributed by atoms with Crippen LogP contribution in [0.3, 0.4) is 0 Å². The minimum absolute atomic E-state index is 0. The zero-order chi connectivity index (χ0) is 22.6. The molecule has 0 aliphatic carbocycles. The molecular weight excluding hydrogens is 409 g/mol. The van der Waals surface area contributed by atoms with Crippen LogP contribution in [-0.2, 0) is 19.2 Å². The van der Waals surface area contributed by atoms with Gasteiger partial charge in [-0.2, -0.15) is 0 Å². The van der Waals surface area contributed by atoms with Gasteiger partial charge < -0.3 is 25.9 Å². The third-order valence-electron chi connectivity index (χ3n) is 4.69. The molecule has 0 radical (unpaired) electrons. The van der Waals surface area contributed by atoms with Crippen molar-refractivity contribution in [2.24, 2.45) is 0 Å². The van der Waals surface area contributed by atoms with Crippen molar-refractivity contribution < 1.29 is 53.8 Å². The van der Waals surface area contributed by atoms with Crippen LogP contribution in [0.15, 0.2) is 12.2 Å². The quantitative estimate of drug-likeness (QED) is 0.107. The van der Waals surface area contributed by atoms with Gasteiger partial charge in [-0.05, 0) is 45.4 Å². The Morgan fingerprint density at radius 2 is 1.32 bits per heavy atom. The number of nitrogens with one attached hydrogen (secondary N) is 3. The number of rotatable bonds is 17. The summed E-state index contributed by atoms with van der Waals surface area (Å²) in [5.74, 6) is -2.68. The molecule has 0 fully saturated rings. The average Bonchev–Trinajstić information content (AvgIpc) is 2.72. The predicted molar refractivity (Wildman–Crippen MR) is 114 cm³/mol. The summed E-state index contributed by atoms with van der Waals surface area (Å²) in [5.41, 5.74) is 0. The molecule has 0 aromatic heterocycles.